The van der Waals surface area contributed by atoms with Crippen molar-refractivity contribution < 1.29 is 4.79 Å². The molecule has 2 heterocycles. The minimum atomic E-state index is -0.530. The first-order valence-corrected chi connectivity index (χ1v) is 5.13. The van der Waals surface area contributed by atoms with E-state index in [1.54, 1.807) is 6.07 Å². The second-order valence-electron chi connectivity index (χ2n) is 3.11. The molecule has 0 aliphatic heterocycles. The van der Waals surface area contributed by atoms with Gasteiger partial charge in [0, 0.05) is 6.20 Å². The third kappa shape index (κ3) is 1.89. The van der Waals surface area contributed by atoms with Gasteiger partial charge in [-0.3, -0.25) is 4.79 Å². The zero-order valence-electron chi connectivity index (χ0n) is 8.09. The molecule has 0 aliphatic rings. The molecule has 4 N–H and O–H groups in total. The third-order valence-electron chi connectivity index (χ3n) is 1.93. The number of amides is 1. The van der Waals surface area contributed by atoms with E-state index in [1.165, 1.54) is 23.3 Å². The predicted octanol–water partition coefficient (Wildman–Crippen LogP) is 0.711. The smallest absolute Gasteiger partial charge is 0.251 e. The molecule has 0 atom stereocenters. The Balaban J connectivity index is 2.46. The molecule has 2 rings (SSSR count). The molecule has 0 fully saturated rings. The van der Waals surface area contributed by atoms with Crippen molar-refractivity contribution in [3.8, 4) is 5.82 Å². The van der Waals surface area contributed by atoms with Crippen molar-refractivity contribution in [2.75, 3.05) is 5.73 Å². The highest BCUT2D eigenvalue weighted by atomic mass is 79.9. The quantitative estimate of drug-likeness (QED) is 0.847. The predicted molar refractivity (Wildman–Crippen MR) is 62.0 cm³/mol. The lowest BCUT2D eigenvalue weighted by molar-refractivity contribution is 0.100. The number of anilines is 1. The second kappa shape index (κ2) is 3.93. The lowest BCUT2D eigenvalue weighted by Gasteiger charge is -2.03. The molecule has 0 bridgehead atoms. The number of carbonyl (C=O) groups is 1. The number of halogens is 1. The Morgan fingerprint density at radius 1 is 1.44 bits per heavy atom. The first-order valence-electron chi connectivity index (χ1n) is 4.34. The van der Waals surface area contributed by atoms with Gasteiger partial charge in [0.1, 0.15) is 0 Å². The molecule has 6 nitrogen and oxygen atoms in total. The summed E-state index contributed by atoms with van der Waals surface area (Å²) in [7, 11) is 0. The van der Waals surface area contributed by atoms with Crippen molar-refractivity contribution in [3.05, 3.63) is 34.7 Å². The molecule has 2 aromatic heterocycles. The van der Waals surface area contributed by atoms with E-state index in [0.717, 1.165) is 0 Å². The number of nitrogen functional groups attached to an aromatic ring is 1. The van der Waals surface area contributed by atoms with E-state index < -0.39 is 5.91 Å². The van der Waals surface area contributed by atoms with Crippen LogP contribution in [0.2, 0.25) is 0 Å². The SMILES string of the molecule is NC(=O)c1cnn(-c2ncc(N)cc2Br)c1. The highest BCUT2D eigenvalue weighted by Crippen LogP contribution is 2.20. The molecule has 16 heavy (non-hydrogen) atoms. The largest absolute Gasteiger partial charge is 0.397 e. The Bertz CT molecular complexity index is 551. The number of hydrogen-bond acceptors (Lipinski definition) is 4. The number of primary amides is 1. The van der Waals surface area contributed by atoms with Crippen LogP contribution in [-0.4, -0.2) is 20.7 Å². The molecule has 0 unspecified atom stereocenters. The molecular weight excluding hydrogens is 274 g/mol. The van der Waals surface area contributed by atoms with E-state index >= 15 is 0 Å². The number of nitrogens with two attached hydrogens (primary N) is 2. The Morgan fingerprint density at radius 3 is 2.75 bits per heavy atom. The molecule has 0 saturated carbocycles. The van der Waals surface area contributed by atoms with Crippen molar-refractivity contribution >= 4 is 27.5 Å². The van der Waals surface area contributed by atoms with Crippen LogP contribution in [0, 0.1) is 0 Å². The number of carbonyl (C=O) groups excluding carboxylic acids is 1. The van der Waals surface area contributed by atoms with Crippen molar-refractivity contribution in [1.29, 1.82) is 0 Å². The van der Waals surface area contributed by atoms with Gasteiger partial charge in [-0.1, -0.05) is 0 Å². The Labute approximate surface area is 99.4 Å². The lowest BCUT2D eigenvalue weighted by atomic mass is 10.3. The minimum Gasteiger partial charge on any atom is -0.397 e. The van der Waals surface area contributed by atoms with Crippen molar-refractivity contribution in [3.63, 3.8) is 0 Å². The van der Waals surface area contributed by atoms with Crippen molar-refractivity contribution in [2.24, 2.45) is 5.73 Å². The number of pyridine rings is 1. The van der Waals surface area contributed by atoms with Crippen LogP contribution in [0.15, 0.2) is 29.1 Å². The maximum absolute atomic E-state index is 10.9. The molecule has 0 saturated heterocycles. The fourth-order valence-electron chi connectivity index (χ4n) is 1.18. The summed E-state index contributed by atoms with van der Waals surface area (Å²) in [4.78, 5) is 15.0. The van der Waals surface area contributed by atoms with Crippen LogP contribution < -0.4 is 11.5 Å². The average molecular weight is 282 g/mol. The van der Waals surface area contributed by atoms with Crippen LogP contribution in [0.25, 0.3) is 5.82 Å². The highest BCUT2D eigenvalue weighted by Gasteiger charge is 2.09. The van der Waals surface area contributed by atoms with Gasteiger partial charge < -0.3 is 11.5 Å². The van der Waals surface area contributed by atoms with Gasteiger partial charge in [-0.05, 0) is 22.0 Å². The van der Waals surface area contributed by atoms with Gasteiger partial charge in [-0.2, -0.15) is 5.10 Å². The fourth-order valence-corrected chi connectivity index (χ4v) is 1.73. The summed E-state index contributed by atoms with van der Waals surface area (Å²) in [5.41, 5.74) is 11.5. The first kappa shape index (κ1) is 10.6. The standard InChI is InChI=1S/C9H8BrN5O/c10-7-1-6(11)3-13-9(7)15-4-5(2-14-15)8(12)16/h1-4H,11H2,(H2,12,16). The maximum atomic E-state index is 10.9. The van der Waals surface area contributed by atoms with Crippen molar-refractivity contribution in [2.45, 2.75) is 0 Å². The summed E-state index contributed by atoms with van der Waals surface area (Å²) in [6.07, 6.45) is 4.39. The van der Waals surface area contributed by atoms with Crippen LogP contribution in [0.1, 0.15) is 10.4 Å². The number of aromatic nitrogens is 3. The van der Waals surface area contributed by atoms with Crippen LogP contribution in [-0.2, 0) is 0 Å². The molecule has 2 aromatic rings. The summed E-state index contributed by atoms with van der Waals surface area (Å²) >= 11 is 3.31. The Morgan fingerprint density at radius 2 is 2.19 bits per heavy atom. The maximum Gasteiger partial charge on any atom is 0.251 e. The van der Waals surface area contributed by atoms with Gasteiger partial charge >= 0.3 is 0 Å². The van der Waals surface area contributed by atoms with Gasteiger partial charge in [0.05, 0.1) is 28.1 Å². The van der Waals surface area contributed by atoms with Gasteiger partial charge in [-0.15, -0.1) is 0 Å². The van der Waals surface area contributed by atoms with E-state index in [1.807, 2.05) is 0 Å². The molecule has 82 valence electrons. The molecule has 0 aromatic carbocycles. The summed E-state index contributed by atoms with van der Waals surface area (Å²) in [5, 5.41) is 3.98. The summed E-state index contributed by atoms with van der Waals surface area (Å²) < 4.78 is 2.13. The van der Waals surface area contributed by atoms with Crippen molar-refractivity contribution in [1.82, 2.24) is 14.8 Å². The van der Waals surface area contributed by atoms with Crippen LogP contribution in [0.4, 0.5) is 5.69 Å². The van der Waals surface area contributed by atoms with Gasteiger partial charge in [0.2, 0.25) is 0 Å². The van der Waals surface area contributed by atoms with Crippen LogP contribution >= 0.6 is 15.9 Å². The second-order valence-corrected chi connectivity index (χ2v) is 3.97. The number of rotatable bonds is 2. The molecule has 0 aliphatic carbocycles. The van der Waals surface area contributed by atoms with Crippen LogP contribution in [0.5, 0.6) is 0 Å². The lowest BCUT2D eigenvalue weighted by Crippen LogP contribution is -2.09. The van der Waals surface area contributed by atoms with E-state index in [9.17, 15) is 4.79 Å². The van der Waals surface area contributed by atoms with Crippen LogP contribution in [0.3, 0.4) is 0 Å². The summed E-state index contributed by atoms with van der Waals surface area (Å²) in [6.45, 7) is 0. The Hall–Kier alpha value is -1.89. The minimum absolute atomic E-state index is 0.325. The normalized spacial score (nSPS) is 10.3. The molecule has 0 spiro atoms. The number of hydrogen-bond donors (Lipinski definition) is 2. The highest BCUT2D eigenvalue weighted by molar-refractivity contribution is 9.10. The topological polar surface area (TPSA) is 99.8 Å². The molecule has 1 amide bonds. The third-order valence-corrected chi connectivity index (χ3v) is 2.51. The molecule has 7 heteroatoms. The van der Waals surface area contributed by atoms with Gasteiger partial charge in [0.25, 0.3) is 5.91 Å². The van der Waals surface area contributed by atoms with E-state index in [-0.39, 0.29) is 0 Å². The summed E-state index contributed by atoms with van der Waals surface area (Å²) in [6, 6.07) is 1.70. The van der Waals surface area contributed by atoms with Gasteiger partial charge in [0.15, 0.2) is 5.82 Å². The monoisotopic (exact) mass is 281 g/mol. The van der Waals surface area contributed by atoms with E-state index in [0.29, 0.717) is 21.5 Å². The Kier molecular flexibility index (Phi) is 2.61. The summed E-state index contributed by atoms with van der Waals surface area (Å²) in [5.74, 6) is 0.0134. The fraction of sp³-hybridized carbons (Fsp3) is 0. The van der Waals surface area contributed by atoms with Gasteiger partial charge in [-0.25, -0.2) is 9.67 Å². The average Bonchev–Trinajstić information content (AvgIpc) is 2.66. The van der Waals surface area contributed by atoms with E-state index in [4.69, 9.17) is 11.5 Å². The zero-order chi connectivity index (χ0) is 11.7. The molecular formula is C9H8BrN5O. The zero-order valence-corrected chi connectivity index (χ0v) is 9.68. The molecule has 0 radical (unpaired) electrons. The number of nitrogens with zero attached hydrogens (tertiary/aromatic N) is 3. The first-order chi connectivity index (χ1) is 7.58. The van der Waals surface area contributed by atoms with E-state index in [2.05, 4.69) is 26.0 Å².